The smallest absolute Gasteiger partial charge is 0.0547 e. The lowest BCUT2D eigenvalue weighted by atomic mass is 10.1. The monoisotopic (exact) mass is 255 g/mol. The van der Waals surface area contributed by atoms with Crippen molar-refractivity contribution in [2.45, 2.75) is 26.6 Å². The molecule has 0 unspecified atom stereocenters. The van der Waals surface area contributed by atoms with Gasteiger partial charge < -0.3 is 5.73 Å². The van der Waals surface area contributed by atoms with E-state index in [4.69, 9.17) is 5.73 Å². The van der Waals surface area contributed by atoms with Crippen LogP contribution in [0.25, 0.3) is 0 Å². The van der Waals surface area contributed by atoms with E-state index < -0.39 is 0 Å². The maximum atomic E-state index is 5.67. The highest BCUT2D eigenvalue weighted by Gasteiger charge is 2.03. The van der Waals surface area contributed by atoms with Gasteiger partial charge in [-0.25, -0.2) is 0 Å². The Labute approximate surface area is 115 Å². The van der Waals surface area contributed by atoms with Gasteiger partial charge in [-0.1, -0.05) is 30.3 Å². The quantitative estimate of drug-likeness (QED) is 0.892. The molecule has 19 heavy (non-hydrogen) atoms. The van der Waals surface area contributed by atoms with E-state index in [1.807, 2.05) is 13.0 Å². The molecule has 1 aromatic carbocycles. The molecule has 3 nitrogen and oxygen atoms in total. The van der Waals surface area contributed by atoms with Crippen LogP contribution in [0.5, 0.6) is 0 Å². The number of hydrogen-bond donors (Lipinski definition) is 1. The van der Waals surface area contributed by atoms with Crippen LogP contribution in [0.15, 0.2) is 42.5 Å². The molecule has 1 heterocycles. The second-order valence-electron chi connectivity index (χ2n) is 4.97. The van der Waals surface area contributed by atoms with E-state index in [1.54, 1.807) is 0 Å². The molecule has 2 aromatic rings. The number of nitrogens with two attached hydrogens (primary N) is 1. The van der Waals surface area contributed by atoms with Crippen LogP contribution in [0, 0.1) is 6.92 Å². The fourth-order valence-electron chi connectivity index (χ4n) is 2.19. The van der Waals surface area contributed by atoms with Gasteiger partial charge in [-0.05, 0) is 37.2 Å². The van der Waals surface area contributed by atoms with Gasteiger partial charge in [0.05, 0.1) is 5.69 Å². The number of rotatable bonds is 5. The summed E-state index contributed by atoms with van der Waals surface area (Å²) in [6, 6.07) is 14.6. The van der Waals surface area contributed by atoms with Gasteiger partial charge in [-0.15, -0.1) is 0 Å². The van der Waals surface area contributed by atoms with Crippen LogP contribution in [0.3, 0.4) is 0 Å². The lowest BCUT2D eigenvalue weighted by Crippen LogP contribution is -2.18. The van der Waals surface area contributed by atoms with E-state index in [0.717, 1.165) is 24.5 Å². The number of nitrogens with zero attached hydrogens (tertiary/aromatic N) is 2. The first-order valence-corrected chi connectivity index (χ1v) is 6.56. The van der Waals surface area contributed by atoms with E-state index in [-0.39, 0.29) is 0 Å². The topological polar surface area (TPSA) is 42.1 Å². The first kappa shape index (κ1) is 13.7. The Kier molecular flexibility index (Phi) is 4.66. The highest BCUT2D eigenvalue weighted by atomic mass is 15.1. The Hall–Kier alpha value is -1.71. The minimum absolute atomic E-state index is 0.594. The Morgan fingerprint density at radius 2 is 1.79 bits per heavy atom. The van der Waals surface area contributed by atoms with E-state index >= 15 is 0 Å². The minimum atomic E-state index is 0.594. The highest BCUT2D eigenvalue weighted by Crippen LogP contribution is 2.09. The second kappa shape index (κ2) is 6.45. The van der Waals surface area contributed by atoms with Gasteiger partial charge in [-0.2, -0.15) is 0 Å². The number of aromatic nitrogens is 1. The van der Waals surface area contributed by atoms with Gasteiger partial charge >= 0.3 is 0 Å². The number of pyridine rings is 1. The Balaban J connectivity index is 1.98. The van der Waals surface area contributed by atoms with Crippen molar-refractivity contribution in [1.29, 1.82) is 0 Å². The van der Waals surface area contributed by atoms with Crippen molar-refractivity contribution < 1.29 is 0 Å². The van der Waals surface area contributed by atoms with Crippen LogP contribution in [0.2, 0.25) is 0 Å². The van der Waals surface area contributed by atoms with Crippen molar-refractivity contribution in [2.24, 2.45) is 5.73 Å². The molecule has 0 bridgehead atoms. The van der Waals surface area contributed by atoms with Crippen molar-refractivity contribution in [3.05, 3.63) is 65.0 Å². The van der Waals surface area contributed by atoms with Crippen molar-refractivity contribution in [1.82, 2.24) is 9.88 Å². The van der Waals surface area contributed by atoms with E-state index in [2.05, 4.69) is 53.3 Å². The van der Waals surface area contributed by atoms with Crippen molar-refractivity contribution in [3.63, 3.8) is 0 Å². The predicted molar refractivity (Wildman–Crippen MR) is 78.5 cm³/mol. The third-order valence-electron chi connectivity index (χ3n) is 3.06. The summed E-state index contributed by atoms with van der Waals surface area (Å²) in [5.74, 6) is 0. The summed E-state index contributed by atoms with van der Waals surface area (Å²) >= 11 is 0. The molecule has 100 valence electrons. The van der Waals surface area contributed by atoms with Crippen LogP contribution in [-0.2, 0) is 19.6 Å². The molecule has 0 spiro atoms. The van der Waals surface area contributed by atoms with Crippen LogP contribution < -0.4 is 5.73 Å². The molecule has 2 N–H and O–H groups in total. The molecular formula is C16H21N3. The summed E-state index contributed by atoms with van der Waals surface area (Å²) < 4.78 is 0. The van der Waals surface area contributed by atoms with Gasteiger partial charge in [-0.3, -0.25) is 9.88 Å². The van der Waals surface area contributed by atoms with Gasteiger partial charge in [0, 0.05) is 25.3 Å². The Morgan fingerprint density at radius 1 is 1.05 bits per heavy atom. The van der Waals surface area contributed by atoms with Crippen molar-refractivity contribution in [2.75, 3.05) is 7.05 Å². The summed E-state index contributed by atoms with van der Waals surface area (Å²) in [5, 5.41) is 0. The molecule has 0 fully saturated rings. The standard InChI is InChI=1S/C16H21N3/c1-13-5-3-8-16(18-13)12-19(2)11-15-7-4-6-14(9-15)10-17/h3-9H,10-12,17H2,1-2H3. The van der Waals surface area contributed by atoms with Crippen molar-refractivity contribution >= 4 is 0 Å². The summed E-state index contributed by atoms with van der Waals surface area (Å²) in [6.45, 7) is 4.38. The molecular weight excluding hydrogens is 234 g/mol. The molecule has 3 heteroatoms. The third-order valence-corrected chi connectivity index (χ3v) is 3.06. The molecule has 0 atom stereocenters. The maximum absolute atomic E-state index is 5.67. The molecule has 0 amide bonds. The van der Waals surface area contributed by atoms with Gasteiger partial charge in [0.2, 0.25) is 0 Å². The summed E-state index contributed by atoms with van der Waals surface area (Å²) in [7, 11) is 2.11. The first-order valence-electron chi connectivity index (χ1n) is 6.56. The molecule has 0 aliphatic heterocycles. The van der Waals surface area contributed by atoms with Crippen molar-refractivity contribution in [3.8, 4) is 0 Å². The fourth-order valence-corrected chi connectivity index (χ4v) is 2.19. The molecule has 1 aromatic heterocycles. The van der Waals surface area contributed by atoms with E-state index in [0.29, 0.717) is 6.54 Å². The Morgan fingerprint density at radius 3 is 2.53 bits per heavy atom. The summed E-state index contributed by atoms with van der Waals surface area (Å²) in [4.78, 5) is 6.79. The van der Waals surface area contributed by atoms with Gasteiger partial charge in [0.1, 0.15) is 0 Å². The lowest BCUT2D eigenvalue weighted by molar-refractivity contribution is 0.315. The summed E-state index contributed by atoms with van der Waals surface area (Å²) in [5.41, 5.74) is 10.3. The first-order chi connectivity index (χ1) is 9.17. The largest absolute Gasteiger partial charge is 0.326 e. The second-order valence-corrected chi connectivity index (χ2v) is 4.97. The number of aryl methyl sites for hydroxylation is 1. The van der Waals surface area contributed by atoms with Gasteiger partial charge in [0.15, 0.2) is 0 Å². The van der Waals surface area contributed by atoms with Crippen LogP contribution >= 0.6 is 0 Å². The summed E-state index contributed by atoms with van der Waals surface area (Å²) in [6.07, 6.45) is 0. The average Bonchev–Trinajstić information content (AvgIpc) is 2.38. The SMILES string of the molecule is Cc1cccc(CN(C)Cc2cccc(CN)c2)n1. The predicted octanol–water partition coefficient (Wildman–Crippen LogP) is 2.48. The lowest BCUT2D eigenvalue weighted by Gasteiger charge is -2.17. The maximum Gasteiger partial charge on any atom is 0.0547 e. The number of benzene rings is 1. The van der Waals surface area contributed by atoms with Crippen LogP contribution in [-0.4, -0.2) is 16.9 Å². The molecule has 2 rings (SSSR count). The molecule has 0 aliphatic rings. The molecule has 0 radical (unpaired) electrons. The molecule has 0 saturated heterocycles. The van der Waals surface area contributed by atoms with Crippen LogP contribution in [0.1, 0.15) is 22.5 Å². The third kappa shape index (κ3) is 4.16. The average molecular weight is 255 g/mol. The normalized spacial score (nSPS) is 10.9. The minimum Gasteiger partial charge on any atom is -0.326 e. The van der Waals surface area contributed by atoms with E-state index in [1.165, 1.54) is 11.1 Å². The fraction of sp³-hybridized carbons (Fsp3) is 0.312. The highest BCUT2D eigenvalue weighted by molar-refractivity contribution is 5.23. The zero-order valence-corrected chi connectivity index (χ0v) is 11.6. The number of hydrogen-bond acceptors (Lipinski definition) is 3. The van der Waals surface area contributed by atoms with Gasteiger partial charge in [0.25, 0.3) is 0 Å². The zero-order valence-electron chi connectivity index (χ0n) is 11.6. The molecule has 0 saturated carbocycles. The molecule has 0 aliphatic carbocycles. The zero-order chi connectivity index (χ0) is 13.7. The Bertz CT molecular complexity index is 537. The van der Waals surface area contributed by atoms with E-state index in [9.17, 15) is 0 Å². The van der Waals surface area contributed by atoms with Crippen LogP contribution in [0.4, 0.5) is 0 Å².